The second kappa shape index (κ2) is 10.0. The number of carboxylic acids is 1. The van der Waals surface area contributed by atoms with Crippen LogP contribution in [-0.2, 0) is 22.7 Å². The van der Waals surface area contributed by atoms with Crippen molar-refractivity contribution in [2.24, 2.45) is 5.92 Å². The SMILES string of the molecule is CCn1ncc2c(-c3cncc(C)c3)c(C=CC(=O)O)c(COCC3CCCCC3)nc21. The Morgan fingerprint density at radius 1 is 1.25 bits per heavy atom. The number of aryl methyl sites for hydroxylation is 2. The molecule has 3 aromatic heterocycles. The summed E-state index contributed by atoms with van der Waals surface area (Å²) in [4.78, 5) is 20.6. The lowest BCUT2D eigenvalue weighted by atomic mass is 9.90. The molecule has 3 aromatic rings. The van der Waals surface area contributed by atoms with Crippen molar-refractivity contribution in [1.29, 1.82) is 0 Å². The van der Waals surface area contributed by atoms with Gasteiger partial charge in [0.05, 0.1) is 18.5 Å². The van der Waals surface area contributed by atoms with E-state index in [-0.39, 0.29) is 0 Å². The predicted octanol–water partition coefficient (Wildman–Crippen LogP) is 5.02. The number of nitrogens with zero attached hydrogens (tertiary/aromatic N) is 4. The van der Waals surface area contributed by atoms with Crippen molar-refractivity contribution in [2.45, 2.75) is 59.1 Å². The van der Waals surface area contributed by atoms with Crippen molar-refractivity contribution < 1.29 is 14.6 Å². The molecule has 1 N–H and O–H groups in total. The van der Waals surface area contributed by atoms with E-state index in [2.05, 4.69) is 16.1 Å². The van der Waals surface area contributed by atoms with Crippen LogP contribution in [0.3, 0.4) is 0 Å². The largest absolute Gasteiger partial charge is 0.478 e. The van der Waals surface area contributed by atoms with Crippen molar-refractivity contribution in [3.8, 4) is 11.1 Å². The fourth-order valence-electron chi connectivity index (χ4n) is 4.50. The van der Waals surface area contributed by atoms with Crippen LogP contribution < -0.4 is 0 Å². The summed E-state index contributed by atoms with van der Waals surface area (Å²) in [5.41, 5.74) is 5.06. The lowest BCUT2D eigenvalue weighted by Gasteiger charge is -2.21. The zero-order valence-electron chi connectivity index (χ0n) is 18.8. The number of carboxylic acid groups (broad SMARTS) is 1. The summed E-state index contributed by atoms with van der Waals surface area (Å²) in [6.45, 7) is 5.74. The van der Waals surface area contributed by atoms with E-state index in [1.807, 2.05) is 18.5 Å². The Hall–Kier alpha value is -3.06. The van der Waals surface area contributed by atoms with Crippen LogP contribution in [0.1, 0.15) is 55.8 Å². The number of rotatable bonds is 8. The highest BCUT2D eigenvalue weighted by Crippen LogP contribution is 2.35. The summed E-state index contributed by atoms with van der Waals surface area (Å²) >= 11 is 0. The Morgan fingerprint density at radius 2 is 2.06 bits per heavy atom. The zero-order valence-corrected chi connectivity index (χ0v) is 18.8. The van der Waals surface area contributed by atoms with E-state index >= 15 is 0 Å². The summed E-state index contributed by atoms with van der Waals surface area (Å²) in [6.07, 6.45) is 14.5. The molecule has 0 atom stereocenters. The molecule has 7 nitrogen and oxygen atoms in total. The smallest absolute Gasteiger partial charge is 0.328 e. The molecule has 0 unspecified atom stereocenters. The maximum atomic E-state index is 11.4. The van der Waals surface area contributed by atoms with Gasteiger partial charge in [0.1, 0.15) is 0 Å². The highest BCUT2D eigenvalue weighted by molar-refractivity contribution is 5.99. The van der Waals surface area contributed by atoms with Crippen molar-refractivity contribution in [1.82, 2.24) is 19.7 Å². The van der Waals surface area contributed by atoms with E-state index in [4.69, 9.17) is 9.72 Å². The Labute approximate surface area is 188 Å². The summed E-state index contributed by atoms with van der Waals surface area (Å²) in [5, 5.41) is 14.7. The van der Waals surface area contributed by atoms with Gasteiger partial charge in [0, 0.05) is 53.7 Å². The van der Waals surface area contributed by atoms with E-state index in [1.54, 1.807) is 24.7 Å². The van der Waals surface area contributed by atoms with Crippen molar-refractivity contribution >= 4 is 23.1 Å². The van der Waals surface area contributed by atoms with E-state index < -0.39 is 5.97 Å². The molecule has 1 saturated carbocycles. The predicted molar refractivity (Wildman–Crippen MR) is 124 cm³/mol. The topological polar surface area (TPSA) is 90.1 Å². The van der Waals surface area contributed by atoms with Gasteiger partial charge < -0.3 is 9.84 Å². The minimum Gasteiger partial charge on any atom is -0.478 e. The molecule has 0 radical (unpaired) electrons. The Kier molecular flexibility index (Phi) is 6.95. The molecule has 0 saturated heterocycles. The molecule has 7 heteroatoms. The Bertz CT molecular complexity index is 1130. The third-order valence-corrected chi connectivity index (χ3v) is 6.07. The van der Waals surface area contributed by atoms with Crippen LogP contribution in [0.25, 0.3) is 28.2 Å². The number of hydrogen-bond donors (Lipinski definition) is 1. The number of fused-ring (bicyclic) bond motifs is 1. The molecule has 3 heterocycles. The number of aromatic nitrogens is 4. The third kappa shape index (κ3) is 4.88. The van der Waals surface area contributed by atoms with Gasteiger partial charge in [-0.05, 0) is 50.3 Å². The van der Waals surface area contributed by atoms with Gasteiger partial charge in [-0.2, -0.15) is 5.10 Å². The van der Waals surface area contributed by atoms with Gasteiger partial charge in [0.25, 0.3) is 0 Å². The third-order valence-electron chi connectivity index (χ3n) is 6.07. The van der Waals surface area contributed by atoms with E-state index in [9.17, 15) is 9.90 Å². The first-order valence-electron chi connectivity index (χ1n) is 11.4. The lowest BCUT2D eigenvalue weighted by Crippen LogP contribution is -2.14. The first kappa shape index (κ1) is 22.1. The first-order valence-corrected chi connectivity index (χ1v) is 11.4. The normalized spacial score (nSPS) is 15.1. The Balaban J connectivity index is 1.80. The highest BCUT2D eigenvalue weighted by Gasteiger charge is 2.20. The fourth-order valence-corrected chi connectivity index (χ4v) is 4.50. The number of carbonyl (C=O) groups is 1. The van der Waals surface area contributed by atoms with Crippen molar-refractivity contribution in [3.63, 3.8) is 0 Å². The molecule has 168 valence electrons. The number of hydrogen-bond acceptors (Lipinski definition) is 5. The minimum atomic E-state index is -1.00. The minimum absolute atomic E-state index is 0.326. The average Bonchev–Trinajstić information content (AvgIpc) is 3.20. The Morgan fingerprint density at radius 3 is 2.78 bits per heavy atom. The van der Waals surface area contributed by atoms with Crippen LogP contribution in [0, 0.1) is 12.8 Å². The lowest BCUT2D eigenvalue weighted by molar-refractivity contribution is -0.131. The molecule has 1 fully saturated rings. The van der Waals surface area contributed by atoms with Crippen LogP contribution in [0.2, 0.25) is 0 Å². The van der Waals surface area contributed by atoms with Crippen LogP contribution in [0.4, 0.5) is 0 Å². The highest BCUT2D eigenvalue weighted by atomic mass is 16.5. The molecule has 0 bridgehead atoms. The molecule has 1 aliphatic carbocycles. The molecule has 0 aromatic carbocycles. The van der Waals surface area contributed by atoms with Gasteiger partial charge >= 0.3 is 5.97 Å². The molecular weight excluding hydrogens is 404 g/mol. The number of ether oxygens (including phenoxy) is 1. The van der Waals surface area contributed by atoms with Gasteiger partial charge in [0.15, 0.2) is 5.65 Å². The van der Waals surface area contributed by atoms with Crippen LogP contribution in [0.15, 0.2) is 30.7 Å². The summed E-state index contributed by atoms with van der Waals surface area (Å²) < 4.78 is 7.99. The monoisotopic (exact) mass is 434 g/mol. The van der Waals surface area contributed by atoms with Gasteiger partial charge in [-0.3, -0.25) is 4.98 Å². The van der Waals surface area contributed by atoms with Crippen molar-refractivity contribution in [3.05, 3.63) is 47.6 Å². The maximum absolute atomic E-state index is 11.4. The van der Waals surface area contributed by atoms with Gasteiger partial charge in [-0.1, -0.05) is 19.3 Å². The number of aliphatic carboxylic acids is 1. The second-order valence-corrected chi connectivity index (χ2v) is 8.49. The van der Waals surface area contributed by atoms with Crippen LogP contribution >= 0.6 is 0 Å². The van der Waals surface area contributed by atoms with Gasteiger partial charge in [-0.15, -0.1) is 0 Å². The van der Waals surface area contributed by atoms with E-state index in [1.165, 1.54) is 32.1 Å². The standard InChI is InChI=1S/C25H30N4O3/c1-3-29-25-21(14-27-29)24(19-11-17(2)12-26-13-19)20(9-10-23(30)31)22(28-25)16-32-15-18-7-5-4-6-8-18/h9-14,18H,3-8,15-16H2,1-2H3,(H,30,31). The quantitative estimate of drug-likeness (QED) is 0.501. The molecule has 0 aliphatic heterocycles. The van der Waals surface area contributed by atoms with Gasteiger partial charge in [-0.25, -0.2) is 14.5 Å². The molecule has 0 spiro atoms. The average molecular weight is 435 g/mol. The molecular formula is C25H30N4O3. The fraction of sp³-hybridized carbons (Fsp3) is 0.440. The second-order valence-electron chi connectivity index (χ2n) is 8.49. The van der Waals surface area contributed by atoms with Gasteiger partial charge in [0.2, 0.25) is 0 Å². The summed E-state index contributed by atoms with van der Waals surface area (Å²) in [7, 11) is 0. The maximum Gasteiger partial charge on any atom is 0.328 e. The number of pyridine rings is 2. The summed E-state index contributed by atoms with van der Waals surface area (Å²) in [6, 6.07) is 2.05. The van der Waals surface area contributed by atoms with E-state index in [0.717, 1.165) is 45.1 Å². The summed E-state index contributed by atoms with van der Waals surface area (Å²) in [5.74, 6) is -0.413. The molecule has 32 heavy (non-hydrogen) atoms. The molecule has 1 aliphatic rings. The van der Waals surface area contributed by atoms with Crippen molar-refractivity contribution in [2.75, 3.05) is 6.61 Å². The van der Waals surface area contributed by atoms with Crippen LogP contribution in [-0.4, -0.2) is 37.4 Å². The van der Waals surface area contributed by atoms with Crippen LogP contribution in [0.5, 0.6) is 0 Å². The zero-order chi connectivity index (χ0) is 22.5. The first-order chi connectivity index (χ1) is 15.6. The molecule has 0 amide bonds. The molecule has 4 rings (SSSR count). The van der Waals surface area contributed by atoms with E-state index in [0.29, 0.717) is 25.7 Å².